The molecule has 2 aliphatic heterocycles. The van der Waals surface area contributed by atoms with Crippen molar-refractivity contribution < 1.29 is 22.7 Å². The monoisotopic (exact) mass is 400 g/mol. The molecule has 0 spiro atoms. The van der Waals surface area contributed by atoms with Gasteiger partial charge < -0.3 is 10.1 Å². The van der Waals surface area contributed by atoms with E-state index in [0.29, 0.717) is 6.42 Å². The largest absolute Gasteiger partial charge is 0.442 e. The second kappa shape index (κ2) is 6.63. The molecule has 0 aliphatic carbocycles. The van der Waals surface area contributed by atoms with Crippen molar-refractivity contribution in [3.05, 3.63) is 48.0 Å². The third kappa shape index (κ3) is 3.24. The van der Waals surface area contributed by atoms with Crippen molar-refractivity contribution in [3.63, 3.8) is 0 Å². The van der Waals surface area contributed by atoms with Crippen molar-refractivity contribution in [2.24, 2.45) is 0 Å². The number of sulfone groups is 1. The molecule has 4 rings (SSSR count). The molecule has 7 nitrogen and oxygen atoms in total. The van der Waals surface area contributed by atoms with Gasteiger partial charge in [-0.25, -0.2) is 13.2 Å². The molecule has 1 saturated heterocycles. The lowest BCUT2D eigenvalue weighted by Gasteiger charge is -2.16. The van der Waals surface area contributed by atoms with E-state index in [0.717, 1.165) is 22.4 Å². The number of hydrogen-bond acceptors (Lipinski definition) is 5. The fraction of sp³-hybridized carbons (Fsp3) is 0.300. The molecule has 2 aliphatic rings. The Labute approximate surface area is 163 Å². The number of cyclic esters (lactones) is 1. The first-order chi connectivity index (χ1) is 13.2. The number of carbonyl (C=O) groups is 2. The maximum Gasteiger partial charge on any atom is 0.415 e. The molecule has 2 aromatic rings. The zero-order chi connectivity index (χ0) is 20.1. The Morgan fingerprint density at radius 3 is 2.50 bits per heavy atom. The van der Waals surface area contributed by atoms with Gasteiger partial charge in [0.25, 0.3) is 0 Å². The summed E-state index contributed by atoms with van der Waals surface area (Å²) in [7, 11) is -3.23. The van der Waals surface area contributed by atoms with E-state index in [4.69, 9.17) is 4.74 Å². The first kappa shape index (κ1) is 18.5. The Balaban J connectivity index is 1.60. The second-order valence-corrected chi connectivity index (χ2v) is 9.16. The van der Waals surface area contributed by atoms with E-state index in [1.165, 1.54) is 13.2 Å². The van der Waals surface area contributed by atoms with Gasteiger partial charge in [-0.2, -0.15) is 0 Å². The minimum Gasteiger partial charge on any atom is -0.442 e. The van der Waals surface area contributed by atoms with Gasteiger partial charge in [-0.15, -0.1) is 0 Å². The molecule has 2 amide bonds. The summed E-state index contributed by atoms with van der Waals surface area (Å²) in [4.78, 5) is 25.4. The van der Waals surface area contributed by atoms with Gasteiger partial charge >= 0.3 is 6.09 Å². The number of amides is 2. The highest BCUT2D eigenvalue weighted by Gasteiger charge is 2.47. The molecular weight excluding hydrogens is 380 g/mol. The molecule has 0 aromatic heterocycles. The number of benzene rings is 2. The molecule has 0 bridgehead atoms. The van der Waals surface area contributed by atoms with Crippen LogP contribution in [0, 0.1) is 0 Å². The standard InChI is InChI=1S/C20H20N2O5S/c1-12(23)21-11-19-18-10-15-9-14(5-8-17(15)22(18)20(24)27-19)13-3-6-16(7-4-13)28(2,25)26/h3-9,18-19H,10-11H2,1-2H3,(H,21,23)/t18-,19-/m0/s1. The molecule has 2 atom stereocenters. The van der Waals surface area contributed by atoms with E-state index in [9.17, 15) is 18.0 Å². The Morgan fingerprint density at radius 2 is 1.86 bits per heavy atom. The summed E-state index contributed by atoms with van der Waals surface area (Å²) in [6.07, 6.45) is 1.03. The number of ether oxygens (including phenoxy) is 1. The van der Waals surface area contributed by atoms with Crippen LogP contribution >= 0.6 is 0 Å². The molecule has 2 aromatic carbocycles. The van der Waals surface area contributed by atoms with Gasteiger partial charge in [0.2, 0.25) is 5.91 Å². The highest BCUT2D eigenvalue weighted by atomic mass is 32.2. The van der Waals surface area contributed by atoms with Crippen LogP contribution in [0.3, 0.4) is 0 Å². The van der Waals surface area contributed by atoms with Gasteiger partial charge in [0.15, 0.2) is 9.84 Å². The van der Waals surface area contributed by atoms with Crippen LogP contribution in [0.25, 0.3) is 11.1 Å². The third-order valence-corrected chi connectivity index (χ3v) is 6.27. The third-order valence-electron chi connectivity index (χ3n) is 5.15. The van der Waals surface area contributed by atoms with Crippen molar-refractivity contribution in [1.29, 1.82) is 0 Å². The van der Waals surface area contributed by atoms with Gasteiger partial charge in [-0.3, -0.25) is 9.69 Å². The van der Waals surface area contributed by atoms with Crippen LogP contribution in [0.15, 0.2) is 47.4 Å². The van der Waals surface area contributed by atoms with Crippen molar-refractivity contribution in [1.82, 2.24) is 5.32 Å². The number of nitrogens with one attached hydrogen (secondary N) is 1. The topological polar surface area (TPSA) is 92.8 Å². The first-order valence-corrected chi connectivity index (χ1v) is 10.8. The quantitative estimate of drug-likeness (QED) is 0.849. The Morgan fingerprint density at radius 1 is 1.18 bits per heavy atom. The van der Waals surface area contributed by atoms with Gasteiger partial charge in [-0.1, -0.05) is 18.2 Å². The highest BCUT2D eigenvalue weighted by molar-refractivity contribution is 7.90. The molecule has 28 heavy (non-hydrogen) atoms. The number of anilines is 1. The summed E-state index contributed by atoms with van der Waals surface area (Å²) < 4.78 is 28.7. The predicted molar refractivity (Wildman–Crippen MR) is 104 cm³/mol. The number of rotatable bonds is 4. The van der Waals surface area contributed by atoms with E-state index in [2.05, 4.69) is 5.32 Å². The molecule has 1 fully saturated rings. The summed E-state index contributed by atoms with van der Waals surface area (Å²) in [6, 6.07) is 12.4. The average Bonchev–Trinajstić information content (AvgIpc) is 3.16. The van der Waals surface area contributed by atoms with E-state index >= 15 is 0 Å². The van der Waals surface area contributed by atoms with Crippen LogP contribution in [-0.4, -0.2) is 45.4 Å². The van der Waals surface area contributed by atoms with Crippen LogP contribution in [0.1, 0.15) is 12.5 Å². The summed E-state index contributed by atoms with van der Waals surface area (Å²) in [5.41, 5.74) is 3.70. The average molecular weight is 400 g/mol. The lowest BCUT2D eigenvalue weighted by Crippen LogP contribution is -2.40. The van der Waals surface area contributed by atoms with Crippen LogP contribution < -0.4 is 10.2 Å². The summed E-state index contributed by atoms with van der Waals surface area (Å²) in [5, 5.41) is 2.71. The zero-order valence-corrected chi connectivity index (χ0v) is 16.3. The fourth-order valence-electron chi connectivity index (χ4n) is 3.77. The van der Waals surface area contributed by atoms with Crippen LogP contribution in [0.4, 0.5) is 10.5 Å². The molecule has 2 heterocycles. The summed E-state index contributed by atoms with van der Waals surface area (Å²) in [5.74, 6) is -0.162. The molecule has 0 unspecified atom stereocenters. The van der Waals surface area contributed by atoms with Crippen LogP contribution in [0.2, 0.25) is 0 Å². The van der Waals surface area contributed by atoms with Crippen molar-refractivity contribution in [3.8, 4) is 11.1 Å². The van der Waals surface area contributed by atoms with E-state index in [1.807, 2.05) is 18.2 Å². The SMILES string of the molecule is CC(=O)NC[C@@H]1OC(=O)N2c3ccc(-c4ccc(S(C)(=O)=O)cc4)cc3C[C@@H]12. The lowest BCUT2D eigenvalue weighted by molar-refractivity contribution is -0.119. The number of carbonyl (C=O) groups excluding carboxylic acids is 2. The van der Waals surface area contributed by atoms with Gasteiger partial charge in [0, 0.05) is 13.2 Å². The van der Waals surface area contributed by atoms with Gasteiger partial charge in [0.05, 0.1) is 23.2 Å². The normalized spacial score (nSPS) is 20.5. The lowest BCUT2D eigenvalue weighted by atomic mass is 10.00. The van der Waals surface area contributed by atoms with E-state index in [-0.39, 0.29) is 29.5 Å². The maximum atomic E-state index is 12.3. The van der Waals surface area contributed by atoms with Crippen LogP contribution in [0.5, 0.6) is 0 Å². The number of nitrogens with zero attached hydrogens (tertiary/aromatic N) is 1. The minimum absolute atomic E-state index is 0.141. The Kier molecular flexibility index (Phi) is 4.38. The maximum absolute atomic E-state index is 12.3. The van der Waals surface area contributed by atoms with E-state index < -0.39 is 15.9 Å². The Bertz CT molecular complexity index is 1060. The zero-order valence-electron chi connectivity index (χ0n) is 15.5. The second-order valence-electron chi connectivity index (χ2n) is 7.14. The molecule has 1 N–H and O–H groups in total. The predicted octanol–water partition coefficient (Wildman–Crippen LogP) is 2.14. The van der Waals surface area contributed by atoms with Crippen LogP contribution in [-0.2, 0) is 25.8 Å². The van der Waals surface area contributed by atoms with Gasteiger partial charge in [-0.05, 0) is 47.4 Å². The summed E-state index contributed by atoms with van der Waals surface area (Å²) >= 11 is 0. The van der Waals surface area contributed by atoms with E-state index in [1.54, 1.807) is 29.2 Å². The molecule has 0 saturated carbocycles. The van der Waals surface area contributed by atoms with Crippen molar-refractivity contribution in [2.45, 2.75) is 30.4 Å². The molecular formula is C20H20N2O5S. The molecule has 8 heteroatoms. The Hall–Kier alpha value is -2.87. The molecule has 146 valence electrons. The summed E-state index contributed by atoms with van der Waals surface area (Å²) in [6.45, 7) is 1.72. The fourth-order valence-corrected chi connectivity index (χ4v) is 4.40. The number of fused-ring (bicyclic) bond motifs is 3. The van der Waals surface area contributed by atoms with Gasteiger partial charge in [0.1, 0.15) is 6.10 Å². The smallest absolute Gasteiger partial charge is 0.415 e. The minimum atomic E-state index is -3.23. The number of hydrogen-bond donors (Lipinski definition) is 1. The van der Waals surface area contributed by atoms with Crippen molar-refractivity contribution in [2.75, 3.05) is 17.7 Å². The first-order valence-electron chi connectivity index (χ1n) is 8.92. The molecule has 0 radical (unpaired) electrons. The highest BCUT2D eigenvalue weighted by Crippen LogP contribution is 2.40. The van der Waals surface area contributed by atoms with Crippen molar-refractivity contribution >= 4 is 27.5 Å².